The first kappa shape index (κ1) is 19.6. The van der Waals surface area contributed by atoms with Gasteiger partial charge in [0.1, 0.15) is 0 Å². The predicted octanol–water partition coefficient (Wildman–Crippen LogP) is 3.59. The van der Waals surface area contributed by atoms with Gasteiger partial charge < -0.3 is 10.2 Å². The van der Waals surface area contributed by atoms with Crippen LogP contribution in [0.1, 0.15) is 44.6 Å². The van der Waals surface area contributed by atoms with Gasteiger partial charge in [0.25, 0.3) is 0 Å². The monoisotopic (exact) mass is 391 g/mol. The van der Waals surface area contributed by atoms with E-state index in [0.29, 0.717) is 32.0 Å². The van der Waals surface area contributed by atoms with Crippen LogP contribution < -0.4 is 5.32 Å². The fourth-order valence-corrected chi connectivity index (χ4v) is 4.22. The standard InChI is InChI=1S/C24H29N3O2/c1-2-5-22(28)27-13-11-24(17-27,23(29)26-21-9-10-21)15-18-6-3-7-19(14-18)20-8-4-12-25-16-20/h3-4,6-8,12,14,16,21H,2,5,9-11,13,15,17H2,1H3,(H,26,29). The Bertz CT molecular complexity index is 879. The van der Waals surface area contributed by atoms with E-state index in [4.69, 9.17) is 0 Å². The molecular weight excluding hydrogens is 362 g/mol. The first-order chi connectivity index (χ1) is 14.1. The smallest absolute Gasteiger partial charge is 0.228 e. The van der Waals surface area contributed by atoms with Gasteiger partial charge in [0.15, 0.2) is 0 Å². The zero-order chi connectivity index (χ0) is 20.3. The van der Waals surface area contributed by atoms with Crippen LogP contribution >= 0.6 is 0 Å². The molecule has 1 aliphatic carbocycles. The number of rotatable bonds is 7. The first-order valence-corrected chi connectivity index (χ1v) is 10.7. The van der Waals surface area contributed by atoms with Gasteiger partial charge in [-0.15, -0.1) is 0 Å². The number of pyridine rings is 1. The summed E-state index contributed by atoms with van der Waals surface area (Å²) in [5, 5.41) is 3.21. The van der Waals surface area contributed by atoms with Crippen molar-refractivity contribution in [3.8, 4) is 11.1 Å². The molecule has 2 aromatic rings. The fraction of sp³-hybridized carbons (Fsp3) is 0.458. The van der Waals surface area contributed by atoms with E-state index in [0.717, 1.165) is 42.4 Å². The van der Waals surface area contributed by atoms with E-state index in [2.05, 4.69) is 28.5 Å². The van der Waals surface area contributed by atoms with E-state index in [9.17, 15) is 9.59 Å². The normalized spacial score (nSPS) is 21.2. The molecule has 5 nitrogen and oxygen atoms in total. The third kappa shape index (κ3) is 4.50. The molecule has 1 aromatic heterocycles. The number of hydrogen-bond acceptors (Lipinski definition) is 3. The lowest BCUT2D eigenvalue weighted by Gasteiger charge is -2.29. The van der Waals surface area contributed by atoms with Crippen molar-refractivity contribution in [1.29, 1.82) is 0 Å². The van der Waals surface area contributed by atoms with Crippen molar-refractivity contribution in [2.75, 3.05) is 13.1 Å². The Morgan fingerprint density at radius 1 is 1.21 bits per heavy atom. The quantitative estimate of drug-likeness (QED) is 0.785. The van der Waals surface area contributed by atoms with Crippen LogP contribution in [0.2, 0.25) is 0 Å². The SMILES string of the molecule is CCCC(=O)N1CCC(Cc2cccc(-c3cccnc3)c2)(C(=O)NC2CC2)C1. The lowest BCUT2D eigenvalue weighted by atomic mass is 9.79. The predicted molar refractivity (Wildman–Crippen MR) is 113 cm³/mol. The molecule has 1 saturated carbocycles. The Kier molecular flexibility index (Phi) is 5.65. The summed E-state index contributed by atoms with van der Waals surface area (Å²) in [4.78, 5) is 31.8. The van der Waals surface area contributed by atoms with E-state index >= 15 is 0 Å². The van der Waals surface area contributed by atoms with Crippen molar-refractivity contribution in [1.82, 2.24) is 15.2 Å². The van der Waals surface area contributed by atoms with Gasteiger partial charge in [0.2, 0.25) is 11.8 Å². The van der Waals surface area contributed by atoms with Gasteiger partial charge in [0.05, 0.1) is 5.41 Å². The molecule has 1 atom stereocenters. The summed E-state index contributed by atoms with van der Waals surface area (Å²) in [5.74, 6) is 0.274. The lowest BCUT2D eigenvalue weighted by molar-refractivity contribution is -0.133. The molecule has 4 rings (SSSR count). The van der Waals surface area contributed by atoms with Crippen molar-refractivity contribution in [3.05, 3.63) is 54.4 Å². The molecule has 1 N–H and O–H groups in total. The topological polar surface area (TPSA) is 62.3 Å². The molecule has 1 saturated heterocycles. The summed E-state index contributed by atoms with van der Waals surface area (Å²) >= 11 is 0. The largest absolute Gasteiger partial charge is 0.353 e. The molecule has 2 aliphatic rings. The zero-order valence-corrected chi connectivity index (χ0v) is 17.1. The van der Waals surface area contributed by atoms with Gasteiger partial charge in [-0.3, -0.25) is 14.6 Å². The highest BCUT2D eigenvalue weighted by Crippen LogP contribution is 2.37. The van der Waals surface area contributed by atoms with Gasteiger partial charge in [-0.05, 0) is 54.9 Å². The third-order valence-corrected chi connectivity index (χ3v) is 6.03. The van der Waals surface area contributed by atoms with Crippen molar-refractivity contribution in [2.24, 2.45) is 5.41 Å². The molecule has 2 amide bonds. The van der Waals surface area contributed by atoms with E-state index in [1.54, 1.807) is 6.20 Å². The zero-order valence-electron chi connectivity index (χ0n) is 17.1. The minimum Gasteiger partial charge on any atom is -0.353 e. The molecule has 2 heterocycles. The Morgan fingerprint density at radius 3 is 2.76 bits per heavy atom. The maximum absolute atomic E-state index is 13.2. The third-order valence-electron chi connectivity index (χ3n) is 6.03. The molecule has 0 bridgehead atoms. The highest BCUT2D eigenvalue weighted by molar-refractivity contribution is 5.86. The summed E-state index contributed by atoms with van der Waals surface area (Å²) in [6, 6.07) is 12.6. The summed E-state index contributed by atoms with van der Waals surface area (Å²) in [5.41, 5.74) is 2.75. The average Bonchev–Trinajstić information content (AvgIpc) is 3.45. The van der Waals surface area contributed by atoms with E-state index in [1.807, 2.05) is 36.2 Å². The van der Waals surface area contributed by atoms with Crippen LogP contribution in [0.3, 0.4) is 0 Å². The van der Waals surface area contributed by atoms with E-state index < -0.39 is 5.41 Å². The number of carbonyl (C=O) groups excluding carboxylic acids is 2. The van der Waals surface area contributed by atoms with E-state index in [-0.39, 0.29) is 11.8 Å². The van der Waals surface area contributed by atoms with Crippen molar-refractivity contribution < 1.29 is 9.59 Å². The second-order valence-electron chi connectivity index (χ2n) is 8.46. The van der Waals surface area contributed by atoms with Crippen LogP contribution in [0.25, 0.3) is 11.1 Å². The first-order valence-electron chi connectivity index (χ1n) is 10.7. The minimum absolute atomic E-state index is 0.110. The highest BCUT2D eigenvalue weighted by atomic mass is 16.2. The van der Waals surface area contributed by atoms with Crippen LogP contribution in [-0.4, -0.2) is 40.8 Å². The van der Waals surface area contributed by atoms with Crippen LogP contribution in [0.5, 0.6) is 0 Å². The average molecular weight is 392 g/mol. The summed E-state index contributed by atoms with van der Waals surface area (Å²) in [6.07, 6.45) is 8.52. The number of amides is 2. The molecule has 1 unspecified atom stereocenters. The maximum atomic E-state index is 13.2. The second kappa shape index (κ2) is 8.36. The molecular formula is C24H29N3O2. The highest BCUT2D eigenvalue weighted by Gasteiger charge is 2.47. The van der Waals surface area contributed by atoms with Crippen LogP contribution in [-0.2, 0) is 16.0 Å². The van der Waals surface area contributed by atoms with Crippen LogP contribution in [0.4, 0.5) is 0 Å². The second-order valence-corrected chi connectivity index (χ2v) is 8.46. The van der Waals surface area contributed by atoms with Gasteiger partial charge in [-0.1, -0.05) is 37.3 Å². The lowest BCUT2D eigenvalue weighted by Crippen LogP contribution is -2.46. The number of carbonyl (C=O) groups is 2. The molecule has 5 heteroatoms. The Morgan fingerprint density at radius 2 is 2.03 bits per heavy atom. The van der Waals surface area contributed by atoms with Gasteiger partial charge in [-0.2, -0.15) is 0 Å². The van der Waals surface area contributed by atoms with E-state index in [1.165, 1.54) is 0 Å². The summed E-state index contributed by atoms with van der Waals surface area (Å²) < 4.78 is 0. The number of nitrogens with one attached hydrogen (secondary N) is 1. The number of benzene rings is 1. The van der Waals surface area contributed by atoms with Gasteiger partial charge in [-0.25, -0.2) is 0 Å². The minimum atomic E-state index is -0.542. The molecule has 152 valence electrons. The van der Waals surface area contributed by atoms with Crippen molar-refractivity contribution in [2.45, 2.75) is 51.5 Å². The van der Waals surface area contributed by atoms with Gasteiger partial charge in [0, 0.05) is 37.9 Å². The molecule has 0 spiro atoms. The van der Waals surface area contributed by atoms with Crippen molar-refractivity contribution >= 4 is 11.8 Å². The Balaban J connectivity index is 1.57. The maximum Gasteiger partial charge on any atom is 0.228 e. The Labute approximate surface area is 172 Å². The summed E-state index contributed by atoms with van der Waals surface area (Å²) in [7, 11) is 0. The number of nitrogens with zero attached hydrogens (tertiary/aromatic N) is 2. The molecule has 2 fully saturated rings. The molecule has 1 aliphatic heterocycles. The molecule has 29 heavy (non-hydrogen) atoms. The fourth-order valence-electron chi connectivity index (χ4n) is 4.22. The van der Waals surface area contributed by atoms with Crippen LogP contribution in [0, 0.1) is 5.41 Å². The van der Waals surface area contributed by atoms with Crippen molar-refractivity contribution in [3.63, 3.8) is 0 Å². The van der Waals surface area contributed by atoms with Gasteiger partial charge >= 0.3 is 0 Å². The number of aromatic nitrogens is 1. The Hall–Kier alpha value is -2.69. The van der Waals surface area contributed by atoms with Crippen LogP contribution in [0.15, 0.2) is 48.8 Å². The number of hydrogen-bond donors (Lipinski definition) is 1. The number of likely N-dealkylation sites (tertiary alicyclic amines) is 1. The molecule has 1 aromatic carbocycles. The summed E-state index contributed by atoms with van der Waals surface area (Å²) in [6.45, 7) is 3.20. The molecule has 0 radical (unpaired) electrons.